The number of nitrogens with zero attached hydrogens (tertiary/aromatic N) is 2. The van der Waals surface area contributed by atoms with Gasteiger partial charge in [0.15, 0.2) is 0 Å². The van der Waals surface area contributed by atoms with Crippen LogP contribution in [0.3, 0.4) is 0 Å². The van der Waals surface area contributed by atoms with Crippen LogP contribution in [0.4, 0.5) is 11.4 Å². The van der Waals surface area contributed by atoms with E-state index in [0.717, 1.165) is 18.4 Å². The van der Waals surface area contributed by atoms with Crippen LogP contribution in [0.5, 0.6) is 0 Å². The molecular weight excluding hydrogens is 260 g/mol. The van der Waals surface area contributed by atoms with Crippen molar-refractivity contribution in [1.82, 2.24) is 0 Å². The van der Waals surface area contributed by atoms with E-state index < -0.39 is 5.97 Å². The molecule has 0 bridgehead atoms. The molecule has 6 heteroatoms. The maximum Gasteiger partial charge on any atom is 0.303 e. The van der Waals surface area contributed by atoms with E-state index in [-0.39, 0.29) is 22.9 Å². The van der Waals surface area contributed by atoms with E-state index in [1.54, 1.807) is 6.07 Å². The Labute approximate surface area is 117 Å². The van der Waals surface area contributed by atoms with Crippen LogP contribution in [0, 0.1) is 23.0 Å². The second-order valence-electron chi connectivity index (χ2n) is 5.23. The monoisotopic (exact) mass is 278 g/mol. The smallest absolute Gasteiger partial charge is 0.303 e. The van der Waals surface area contributed by atoms with Gasteiger partial charge >= 0.3 is 5.97 Å². The molecule has 1 N–H and O–H groups in total. The number of para-hydroxylation sites is 1. The fraction of sp³-hybridized carbons (Fsp3) is 0.500. The molecule has 1 saturated heterocycles. The highest BCUT2D eigenvalue weighted by molar-refractivity contribution is 5.68. The van der Waals surface area contributed by atoms with Crippen LogP contribution < -0.4 is 4.90 Å². The van der Waals surface area contributed by atoms with Crippen molar-refractivity contribution in [2.45, 2.75) is 26.2 Å². The first-order valence-electron chi connectivity index (χ1n) is 6.69. The van der Waals surface area contributed by atoms with Crippen LogP contribution in [0.1, 0.15) is 24.8 Å². The summed E-state index contributed by atoms with van der Waals surface area (Å²) in [5.41, 5.74) is 1.68. The molecule has 1 fully saturated rings. The molecule has 0 radical (unpaired) electrons. The van der Waals surface area contributed by atoms with Crippen LogP contribution in [-0.2, 0) is 4.79 Å². The van der Waals surface area contributed by atoms with Gasteiger partial charge in [0.1, 0.15) is 5.69 Å². The van der Waals surface area contributed by atoms with Gasteiger partial charge in [-0.3, -0.25) is 14.9 Å². The highest BCUT2D eigenvalue weighted by Gasteiger charge is 2.26. The van der Waals surface area contributed by atoms with Crippen LogP contribution in [0.2, 0.25) is 0 Å². The third kappa shape index (κ3) is 3.07. The van der Waals surface area contributed by atoms with E-state index in [0.29, 0.717) is 18.8 Å². The molecule has 1 aromatic carbocycles. The highest BCUT2D eigenvalue weighted by atomic mass is 16.6. The first-order chi connectivity index (χ1) is 9.49. The van der Waals surface area contributed by atoms with E-state index in [2.05, 4.69) is 0 Å². The standard InChI is InChI=1S/C14H18N2O4/c1-10-3-2-4-12(16(19)20)14(10)15-7-5-11(6-8-15)9-13(17)18/h2-4,11H,5-9H2,1H3,(H,17,18). The number of hydrogen-bond donors (Lipinski definition) is 1. The molecule has 1 aromatic rings. The zero-order valence-electron chi connectivity index (χ0n) is 11.4. The molecule has 0 aliphatic carbocycles. The van der Waals surface area contributed by atoms with Crippen LogP contribution in [-0.4, -0.2) is 29.1 Å². The Morgan fingerprint density at radius 1 is 1.45 bits per heavy atom. The van der Waals surface area contributed by atoms with Crippen molar-refractivity contribution in [3.05, 3.63) is 33.9 Å². The molecule has 1 aliphatic rings. The Bertz CT molecular complexity index is 522. The number of aliphatic carboxylic acids is 1. The summed E-state index contributed by atoms with van der Waals surface area (Å²) in [7, 11) is 0. The van der Waals surface area contributed by atoms with Gasteiger partial charge in [0, 0.05) is 25.6 Å². The maximum atomic E-state index is 11.1. The molecule has 0 spiro atoms. The van der Waals surface area contributed by atoms with Crippen molar-refractivity contribution in [2.24, 2.45) is 5.92 Å². The number of piperidine rings is 1. The number of nitro groups is 1. The number of rotatable bonds is 4. The minimum absolute atomic E-state index is 0.127. The number of anilines is 1. The zero-order valence-corrected chi connectivity index (χ0v) is 11.4. The predicted octanol–water partition coefficient (Wildman–Crippen LogP) is 2.59. The normalized spacial score (nSPS) is 16.1. The molecule has 1 aliphatic heterocycles. The number of benzene rings is 1. The Hall–Kier alpha value is -2.11. The van der Waals surface area contributed by atoms with E-state index >= 15 is 0 Å². The summed E-state index contributed by atoms with van der Waals surface area (Å²) < 4.78 is 0. The summed E-state index contributed by atoms with van der Waals surface area (Å²) in [6, 6.07) is 5.07. The lowest BCUT2D eigenvalue weighted by atomic mass is 9.93. The van der Waals surface area contributed by atoms with E-state index in [1.807, 2.05) is 17.9 Å². The summed E-state index contributed by atoms with van der Waals surface area (Å²) in [5.74, 6) is -0.600. The maximum absolute atomic E-state index is 11.1. The lowest BCUT2D eigenvalue weighted by Crippen LogP contribution is -2.35. The van der Waals surface area contributed by atoms with E-state index in [1.165, 1.54) is 6.07 Å². The third-order valence-corrected chi connectivity index (χ3v) is 3.81. The Morgan fingerprint density at radius 3 is 2.65 bits per heavy atom. The quantitative estimate of drug-likeness (QED) is 0.676. The zero-order chi connectivity index (χ0) is 14.7. The first-order valence-corrected chi connectivity index (χ1v) is 6.69. The predicted molar refractivity (Wildman–Crippen MR) is 75.0 cm³/mol. The summed E-state index contributed by atoms with van der Waals surface area (Å²) in [6.45, 7) is 3.21. The van der Waals surface area contributed by atoms with E-state index in [9.17, 15) is 14.9 Å². The number of carboxylic acid groups (broad SMARTS) is 1. The third-order valence-electron chi connectivity index (χ3n) is 3.81. The van der Waals surface area contributed by atoms with Crippen molar-refractivity contribution in [1.29, 1.82) is 0 Å². The molecule has 2 rings (SSSR count). The van der Waals surface area contributed by atoms with Crippen molar-refractivity contribution in [2.75, 3.05) is 18.0 Å². The minimum atomic E-state index is -0.773. The van der Waals surface area contributed by atoms with Gasteiger partial charge in [-0.2, -0.15) is 0 Å². The number of hydrogen-bond acceptors (Lipinski definition) is 4. The van der Waals surface area contributed by atoms with Crippen LogP contribution >= 0.6 is 0 Å². The van der Waals surface area contributed by atoms with Crippen molar-refractivity contribution in [3.63, 3.8) is 0 Å². The Kier molecular flexibility index (Phi) is 4.22. The summed E-state index contributed by atoms with van der Waals surface area (Å²) in [5, 5.41) is 19.9. The molecule has 0 aromatic heterocycles. The number of aryl methyl sites for hydroxylation is 1. The molecule has 20 heavy (non-hydrogen) atoms. The average Bonchev–Trinajstić information content (AvgIpc) is 2.39. The van der Waals surface area contributed by atoms with Gasteiger partial charge in [-0.05, 0) is 31.2 Å². The van der Waals surface area contributed by atoms with Gasteiger partial charge < -0.3 is 10.0 Å². The van der Waals surface area contributed by atoms with Gasteiger partial charge in [-0.1, -0.05) is 12.1 Å². The van der Waals surface area contributed by atoms with Gasteiger partial charge in [0.2, 0.25) is 0 Å². The molecule has 0 unspecified atom stereocenters. The Morgan fingerprint density at radius 2 is 2.10 bits per heavy atom. The van der Waals surface area contributed by atoms with Crippen LogP contribution in [0.15, 0.2) is 18.2 Å². The fourth-order valence-electron chi connectivity index (χ4n) is 2.81. The van der Waals surface area contributed by atoms with E-state index in [4.69, 9.17) is 5.11 Å². The molecule has 0 atom stereocenters. The highest BCUT2D eigenvalue weighted by Crippen LogP contribution is 2.34. The molecule has 0 saturated carbocycles. The lowest BCUT2D eigenvalue weighted by Gasteiger charge is -2.33. The number of carboxylic acids is 1. The molecule has 0 amide bonds. The van der Waals surface area contributed by atoms with Gasteiger partial charge in [0.05, 0.1) is 4.92 Å². The van der Waals surface area contributed by atoms with Crippen molar-refractivity contribution in [3.8, 4) is 0 Å². The SMILES string of the molecule is Cc1cccc([N+](=O)[O-])c1N1CCC(CC(=O)O)CC1. The summed E-state index contributed by atoms with van der Waals surface area (Å²) in [4.78, 5) is 23.5. The Balaban J connectivity index is 2.14. The minimum Gasteiger partial charge on any atom is -0.481 e. The summed E-state index contributed by atoms with van der Waals surface area (Å²) >= 11 is 0. The average molecular weight is 278 g/mol. The molecular formula is C14H18N2O4. The largest absolute Gasteiger partial charge is 0.481 e. The first kappa shape index (κ1) is 14.3. The van der Waals surface area contributed by atoms with Gasteiger partial charge in [-0.15, -0.1) is 0 Å². The van der Waals surface area contributed by atoms with Crippen molar-refractivity contribution < 1.29 is 14.8 Å². The number of nitro benzene ring substituents is 1. The number of carbonyl (C=O) groups is 1. The molecule has 1 heterocycles. The second kappa shape index (κ2) is 5.90. The van der Waals surface area contributed by atoms with Crippen molar-refractivity contribution >= 4 is 17.3 Å². The molecule has 6 nitrogen and oxygen atoms in total. The molecule has 108 valence electrons. The van der Waals surface area contributed by atoms with Gasteiger partial charge in [-0.25, -0.2) is 0 Å². The van der Waals surface area contributed by atoms with Gasteiger partial charge in [0.25, 0.3) is 5.69 Å². The van der Waals surface area contributed by atoms with Crippen LogP contribution in [0.25, 0.3) is 0 Å². The topological polar surface area (TPSA) is 83.7 Å². The fourth-order valence-corrected chi connectivity index (χ4v) is 2.81. The summed E-state index contributed by atoms with van der Waals surface area (Å²) in [6.07, 6.45) is 1.71. The lowest BCUT2D eigenvalue weighted by molar-refractivity contribution is -0.384. The second-order valence-corrected chi connectivity index (χ2v) is 5.23.